The number of nitrogens with one attached hydrogen (secondary N) is 4. The molecule has 0 bridgehead atoms. The van der Waals surface area contributed by atoms with Gasteiger partial charge < -0.3 is 21.4 Å². The average molecular weight is 407 g/mol. The number of halogens is 3. The summed E-state index contributed by atoms with van der Waals surface area (Å²) in [6.07, 6.45) is -0.0341. The highest BCUT2D eigenvalue weighted by Crippen LogP contribution is 2.33. The largest absolute Gasteiger partial charge is 0.417 e. The lowest BCUT2D eigenvalue weighted by molar-refractivity contribution is -0.137. The van der Waals surface area contributed by atoms with Gasteiger partial charge in [-0.25, -0.2) is 0 Å². The first-order valence-electron chi connectivity index (χ1n) is 9.20. The maximum Gasteiger partial charge on any atom is 0.417 e. The molecule has 0 saturated carbocycles. The third-order valence-corrected chi connectivity index (χ3v) is 4.85. The summed E-state index contributed by atoms with van der Waals surface area (Å²) < 4.78 is 39.3. The van der Waals surface area contributed by atoms with Gasteiger partial charge in [0.2, 0.25) is 5.91 Å². The Labute approximate surface area is 167 Å². The SMILES string of the molecule is CC(C)(N/C=C(\C=N)C1CCNCC1)C(=O)Nc1ccc(C#N)c(C(F)(F)F)c1. The predicted octanol–water partition coefficient (Wildman–Crippen LogP) is 3.42. The van der Waals surface area contributed by atoms with Crippen LogP contribution in [-0.2, 0) is 11.0 Å². The van der Waals surface area contributed by atoms with Gasteiger partial charge in [0, 0.05) is 18.1 Å². The number of hydrogen-bond donors (Lipinski definition) is 4. The summed E-state index contributed by atoms with van der Waals surface area (Å²) in [4.78, 5) is 12.6. The van der Waals surface area contributed by atoms with E-state index >= 15 is 0 Å². The number of carbonyl (C=O) groups is 1. The highest BCUT2D eigenvalue weighted by molar-refractivity contribution is 5.97. The van der Waals surface area contributed by atoms with Crippen LogP contribution < -0.4 is 16.0 Å². The molecule has 6 nitrogen and oxygen atoms in total. The van der Waals surface area contributed by atoms with Gasteiger partial charge >= 0.3 is 6.18 Å². The number of benzene rings is 1. The number of hydrogen-bond acceptors (Lipinski definition) is 5. The second-order valence-corrected chi connectivity index (χ2v) is 7.41. The Morgan fingerprint density at radius 1 is 1.31 bits per heavy atom. The summed E-state index contributed by atoms with van der Waals surface area (Å²) in [5.74, 6) is -0.325. The molecular formula is C20H24F3N5O. The van der Waals surface area contributed by atoms with Crippen LogP contribution >= 0.6 is 0 Å². The van der Waals surface area contributed by atoms with Crippen LogP contribution in [0.4, 0.5) is 18.9 Å². The highest BCUT2D eigenvalue weighted by atomic mass is 19.4. The van der Waals surface area contributed by atoms with E-state index in [0.29, 0.717) is 0 Å². The van der Waals surface area contributed by atoms with Crippen LogP contribution in [0.1, 0.15) is 37.8 Å². The second kappa shape index (κ2) is 9.09. The molecule has 0 atom stereocenters. The zero-order valence-corrected chi connectivity index (χ0v) is 16.3. The van der Waals surface area contributed by atoms with Gasteiger partial charge in [-0.3, -0.25) is 4.79 Å². The molecule has 1 fully saturated rings. The molecule has 0 aliphatic carbocycles. The molecule has 1 aliphatic heterocycles. The summed E-state index contributed by atoms with van der Waals surface area (Å²) in [7, 11) is 0. The molecule has 2 rings (SSSR count). The second-order valence-electron chi connectivity index (χ2n) is 7.41. The van der Waals surface area contributed by atoms with Gasteiger partial charge in [-0.15, -0.1) is 0 Å². The maximum atomic E-state index is 13.1. The smallest absolute Gasteiger partial charge is 0.377 e. The summed E-state index contributed by atoms with van der Waals surface area (Å²) >= 11 is 0. The van der Waals surface area contributed by atoms with Crippen molar-refractivity contribution in [3.05, 3.63) is 41.1 Å². The fourth-order valence-electron chi connectivity index (χ4n) is 3.00. The summed E-state index contributed by atoms with van der Waals surface area (Å²) in [5.41, 5.74) is -2.02. The first kappa shape index (κ1) is 22.4. The standard InChI is InChI=1S/C20H24F3N5O/c1-19(2,27-12-15(11-25)13-5-7-26-8-6-13)18(29)28-16-4-3-14(10-24)17(9-16)20(21,22)23/h3-4,9,11-13,25-27H,5-8H2,1-2H3,(H,28,29)/b15-12+,25-11?. The molecule has 1 aromatic carbocycles. The minimum Gasteiger partial charge on any atom is -0.377 e. The van der Waals surface area contributed by atoms with E-state index in [1.165, 1.54) is 18.4 Å². The lowest BCUT2D eigenvalue weighted by Gasteiger charge is -2.27. The van der Waals surface area contributed by atoms with Gasteiger partial charge in [0.05, 0.1) is 17.2 Å². The summed E-state index contributed by atoms with van der Waals surface area (Å²) in [6.45, 7) is 4.91. The third kappa shape index (κ3) is 5.81. The molecule has 1 heterocycles. The van der Waals surface area contributed by atoms with Crippen molar-refractivity contribution in [2.24, 2.45) is 5.92 Å². The molecule has 0 aromatic heterocycles. The van der Waals surface area contributed by atoms with E-state index in [1.54, 1.807) is 20.0 Å². The van der Waals surface area contributed by atoms with Crippen LogP contribution in [0.5, 0.6) is 0 Å². The zero-order chi connectivity index (χ0) is 21.7. The van der Waals surface area contributed by atoms with Crippen molar-refractivity contribution in [2.45, 2.75) is 38.4 Å². The van der Waals surface area contributed by atoms with Crippen LogP contribution in [0.15, 0.2) is 30.0 Å². The number of carbonyl (C=O) groups excluding carboxylic acids is 1. The Morgan fingerprint density at radius 3 is 2.52 bits per heavy atom. The molecule has 9 heteroatoms. The van der Waals surface area contributed by atoms with E-state index in [9.17, 15) is 18.0 Å². The van der Waals surface area contributed by atoms with Crippen molar-refractivity contribution in [1.82, 2.24) is 10.6 Å². The first-order valence-corrected chi connectivity index (χ1v) is 9.20. The number of nitrogens with zero attached hydrogens (tertiary/aromatic N) is 1. The normalized spacial score (nSPS) is 16.1. The molecule has 1 aromatic rings. The maximum absolute atomic E-state index is 13.1. The fraction of sp³-hybridized carbons (Fsp3) is 0.450. The van der Waals surface area contributed by atoms with E-state index in [2.05, 4.69) is 16.0 Å². The molecule has 29 heavy (non-hydrogen) atoms. The van der Waals surface area contributed by atoms with Gasteiger partial charge in [-0.05, 0) is 69.5 Å². The number of nitriles is 1. The Kier molecular flexibility index (Phi) is 7.03. The lowest BCUT2D eigenvalue weighted by atomic mass is 9.90. The Morgan fingerprint density at radius 2 is 1.97 bits per heavy atom. The van der Waals surface area contributed by atoms with E-state index in [-0.39, 0.29) is 11.6 Å². The van der Waals surface area contributed by atoms with Gasteiger partial charge in [-0.1, -0.05) is 0 Å². The molecule has 1 aliphatic rings. The van der Waals surface area contributed by atoms with Crippen molar-refractivity contribution in [3.63, 3.8) is 0 Å². The van der Waals surface area contributed by atoms with E-state index in [0.717, 1.165) is 43.6 Å². The van der Waals surface area contributed by atoms with Crippen molar-refractivity contribution in [1.29, 1.82) is 10.7 Å². The number of alkyl halides is 3. The Bertz CT molecular complexity index is 833. The molecular weight excluding hydrogens is 383 g/mol. The molecule has 0 unspecified atom stereocenters. The third-order valence-electron chi connectivity index (χ3n) is 4.85. The van der Waals surface area contributed by atoms with Crippen LogP contribution in [0.3, 0.4) is 0 Å². The Hall–Kier alpha value is -2.86. The monoisotopic (exact) mass is 407 g/mol. The van der Waals surface area contributed by atoms with Crippen LogP contribution in [0.25, 0.3) is 0 Å². The predicted molar refractivity (Wildman–Crippen MR) is 104 cm³/mol. The van der Waals surface area contributed by atoms with E-state index in [1.807, 2.05) is 0 Å². The zero-order valence-electron chi connectivity index (χ0n) is 16.3. The lowest BCUT2D eigenvalue weighted by Crippen LogP contribution is -2.47. The van der Waals surface area contributed by atoms with Gasteiger partial charge in [0.25, 0.3) is 0 Å². The van der Waals surface area contributed by atoms with Gasteiger partial charge in [0.1, 0.15) is 5.54 Å². The van der Waals surface area contributed by atoms with Crippen LogP contribution in [0.2, 0.25) is 0 Å². The molecule has 1 saturated heterocycles. The minimum atomic E-state index is -4.70. The fourth-order valence-corrected chi connectivity index (χ4v) is 3.00. The molecule has 0 spiro atoms. The molecule has 4 N–H and O–H groups in total. The van der Waals surface area contributed by atoms with Crippen LogP contribution in [-0.4, -0.2) is 30.8 Å². The van der Waals surface area contributed by atoms with E-state index < -0.39 is 28.7 Å². The van der Waals surface area contributed by atoms with Gasteiger partial charge in [0.15, 0.2) is 0 Å². The summed E-state index contributed by atoms with van der Waals surface area (Å²) in [6, 6.07) is 4.55. The van der Waals surface area contributed by atoms with Crippen molar-refractivity contribution in [2.75, 3.05) is 18.4 Å². The number of piperidine rings is 1. The summed E-state index contributed by atoms with van der Waals surface area (Å²) in [5, 5.41) is 25.2. The molecule has 1 amide bonds. The highest BCUT2D eigenvalue weighted by Gasteiger charge is 2.34. The van der Waals surface area contributed by atoms with Crippen LogP contribution in [0, 0.1) is 22.7 Å². The molecule has 0 radical (unpaired) electrons. The minimum absolute atomic E-state index is 0.0502. The van der Waals surface area contributed by atoms with Crippen molar-refractivity contribution in [3.8, 4) is 6.07 Å². The van der Waals surface area contributed by atoms with E-state index in [4.69, 9.17) is 10.7 Å². The topological polar surface area (TPSA) is 101 Å². The first-order chi connectivity index (χ1) is 13.6. The number of anilines is 1. The number of allylic oxidation sites excluding steroid dienone is 1. The number of amides is 1. The molecule has 156 valence electrons. The number of rotatable bonds is 6. The quantitative estimate of drug-likeness (QED) is 0.543. The van der Waals surface area contributed by atoms with Gasteiger partial charge in [-0.2, -0.15) is 18.4 Å². The Balaban J connectivity index is 2.13. The van der Waals surface area contributed by atoms with Crippen molar-refractivity contribution >= 4 is 17.8 Å². The van der Waals surface area contributed by atoms with Crippen molar-refractivity contribution < 1.29 is 18.0 Å². The average Bonchev–Trinajstić information content (AvgIpc) is 2.68.